The summed E-state index contributed by atoms with van der Waals surface area (Å²) < 4.78 is 5.12. The second-order valence-corrected chi connectivity index (χ2v) is 5.28. The third-order valence-corrected chi connectivity index (χ3v) is 3.62. The maximum absolute atomic E-state index is 11.9. The Morgan fingerprint density at radius 3 is 2.78 bits per heavy atom. The Balaban J connectivity index is 2.02. The van der Waals surface area contributed by atoms with E-state index in [0.717, 1.165) is 11.3 Å². The van der Waals surface area contributed by atoms with Gasteiger partial charge in [0.15, 0.2) is 0 Å². The Labute approximate surface area is 140 Å². The summed E-state index contributed by atoms with van der Waals surface area (Å²) in [5.74, 6) is 0.492. The van der Waals surface area contributed by atoms with Gasteiger partial charge < -0.3 is 20.5 Å². The van der Waals surface area contributed by atoms with Crippen molar-refractivity contribution in [3.05, 3.63) is 58.6 Å². The maximum Gasteiger partial charge on any atom is 0.251 e. The summed E-state index contributed by atoms with van der Waals surface area (Å²) in [6, 6.07) is 12.7. The summed E-state index contributed by atoms with van der Waals surface area (Å²) in [6.07, 6.45) is 0. The molecule has 23 heavy (non-hydrogen) atoms. The van der Waals surface area contributed by atoms with Crippen LogP contribution in [0, 0.1) is 0 Å². The Hall–Kier alpha value is -2.24. The topological polar surface area (TPSA) is 70.6 Å². The zero-order valence-electron chi connectivity index (χ0n) is 12.8. The van der Waals surface area contributed by atoms with E-state index in [1.54, 1.807) is 31.4 Å². The lowest BCUT2D eigenvalue weighted by Gasteiger charge is -2.11. The second kappa shape index (κ2) is 8.41. The van der Waals surface area contributed by atoms with E-state index in [-0.39, 0.29) is 19.1 Å². The third kappa shape index (κ3) is 4.87. The molecular weight excluding hydrogens is 316 g/mol. The minimum atomic E-state index is -0.217. The molecule has 2 rings (SSSR count). The number of hydrogen-bond acceptors (Lipinski definition) is 4. The first-order valence-electron chi connectivity index (χ1n) is 7.19. The van der Waals surface area contributed by atoms with Gasteiger partial charge in [0.05, 0.1) is 13.7 Å². The van der Waals surface area contributed by atoms with Gasteiger partial charge in [-0.3, -0.25) is 4.79 Å². The van der Waals surface area contributed by atoms with Gasteiger partial charge >= 0.3 is 0 Å². The van der Waals surface area contributed by atoms with Crippen LogP contribution >= 0.6 is 11.6 Å². The van der Waals surface area contributed by atoms with Crippen molar-refractivity contribution in [1.29, 1.82) is 0 Å². The van der Waals surface area contributed by atoms with E-state index in [4.69, 9.17) is 21.4 Å². The number of halogens is 1. The number of hydrogen-bond donors (Lipinski definition) is 3. The molecule has 122 valence electrons. The van der Waals surface area contributed by atoms with Gasteiger partial charge in [0.1, 0.15) is 5.75 Å². The van der Waals surface area contributed by atoms with Crippen molar-refractivity contribution in [3.8, 4) is 5.75 Å². The van der Waals surface area contributed by atoms with Crippen molar-refractivity contribution in [3.63, 3.8) is 0 Å². The third-order valence-electron chi connectivity index (χ3n) is 3.27. The lowest BCUT2D eigenvalue weighted by atomic mass is 10.1. The highest BCUT2D eigenvalue weighted by Gasteiger charge is 2.06. The maximum atomic E-state index is 11.9. The molecule has 1 amide bonds. The number of aliphatic hydroxyl groups is 1. The molecule has 0 aliphatic heterocycles. The number of carbonyl (C=O) groups excluding carboxylic acids is 1. The van der Waals surface area contributed by atoms with Crippen LogP contribution in [0.5, 0.6) is 5.75 Å². The quantitative estimate of drug-likeness (QED) is 0.728. The first-order chi connectivity index (χ1) is 11.1. The van der Waals surface area contributed by atoms with Crippen molar-refractivity contribution in [2.24, 2.45) is 0 Å². The number of benzene rings is 2. The number of carbonyl (C=O) groups is 1. The lowest BCUT2D eigenvalue weighted by Crippen LogP contribution is -2.26. The van der Waals surface area contributed by atoms with Crippen LogP contribution in [0.4, 0.5) is 5.69 Å². The monoisotopic (exact) mass is 334 g/mol. The van der Waals surface area contributed by atoms with Crippen LogP contribution in [0.15, 0.2) is 42.5 Å². The fourth-order valence-corrected chi connectivity index (χ4v) is 2.27. The van der Waals surface area contributed by atoms with Crippen LogP contribution in [0.25, 0.3) is 0 Å². The average molecular weight is 335 g/mol. The second-order valence-electron chi connectivity index (χ2n) is 4.87. The van der Waals surface area contributed by atoms with Crippen molar-refractivity contribution in [1.82, 2.24) is 5.32 Å². The molecule has 0 spiro atoms. The molecule has 0 heterocycles. The van der Waals surface area contributed by atoms with Crippen molar-refractivity contribution < 1.29 is 14.6 Å². The van der Waals surface area contributed by atoms with E-state index in [0.29, 0.717) is 22.9 Å². The Bertz CT molecular complexity index is 677. The average Bonchev–Trinajstić information content (AvgIpc) is 2.58. The van der Waals surface area contributed by atoms with Gasteiger partial charge in [0, 0.05) is 29.4 Å². The molecule has 0 fully saturated rings. The molecule has 6 heteroatoms. The van der Waals surface area contributed by atoms with E-state index < -0.39 is 0 Å². The molecule has 0 radical (unpaired) electrons. The predicted octanol–water partition coefficient (Wildman–Crippen LogP) is 2.68. The summed E-state index contributed by atoms with van der Waals surface area (Å²) in [6.45, 7) is 0.683. The van der Waals surface area contributed by atoms with Gasteiger partial charge in [0.25, 0.3) is 5.91 Å². The Kier molecular flexibility index (Phi) is 6.26. The molecule has 0 aliphatic carbocycles. The number of ether oxygens (including phenoxy) is 1. The normalized spacial score (nSPS) is 10.2. The first-order valence-corrected chi connectivity index (χ1v) is 7.57. The number of methoxy groups -OCH3 is 1. The standard InChI is InChI=1S/C17H19ClN2O3/c1-23-15-6-5-13(16(18)10-15)11-20-14-4-2-3-12(9-14)17(22)19-7-8-21/h2-6,9-10,20-21H,7-8,11H2,1H3,(H,19,22). The summed E-state index contributed by atoms with van der Waals surface area (Å²) in [7, 11) is 1.59. The zero-order chi connectivity index (χ0) is 16.7. The van der Waals surface area contributed by atoms with Gasteiger partial charge in [-0.25, -0.2) is 0 Å². The van der Waals surface area contributed by atoms with Gasteiger partial charge in [-0.05, 0) is 35.9 Å². The molecule has 0 aromatic heterocycles. The molecule has 0 atom stereocenters. The molecule has 0 saturated carbocycles. The molecule has 2 aromatic rings. The predicted molar refractivity (Wildman–Crippen MR) is 91.2 cm³/mol. The van der Waals surface area contributed by atoms with Crippen molar-refractivity contribution in [2.75, 3.05) is 25.6 Å². The number of aliphatic hydroxyl groups excluding tert-OH is 1. The lowest BCUT2D eigenvalue weighted by molar-refractivity contribution is 0.0945. The van der Waals surface area contributed by atoms with Gasteiger partial charge in [0.2, 0.25) is 0 Å². The van der Waals surface area contributed by atoms with Crippen LogP contribution in [-0.4, -0.2) is 31.3 Å². The molecule has 0 saturated heterocycles. The highest BCUT2D eigenvalue weighted by atomic mass is 35.5. The highest BCUT2D eigenvalue weighted by Crippen LogP contribution is 2.23. The van der Waals surface area contributed by atoms with E-state index in [1.165, 1.54) is 0 Å². The minimum absolute atomic E-state index is 0.0837. The molecule has 0 bridgehead atoms. The Morgan fingerprint density at radius 1 is 1.26 bits per heavy atom. The van der Waals surface area contributed by atoms with Crippen molar-refractivity contribution >= 4 is 23.2 Å². The molecule has 2 aromatic carbocycles. The van der Waals surface area contributed by atoms with Crippen LogP contribution in [-0.2, 0) is 6.54 Å². The number of nitrogens with one attached hydrogen (secondary N) is 2. The first kappa shape index (κ1) is 17.1. The largest absolute Gasteiger partial charge is 0.497 e. The number of rotatable bonds is 7. The van der Waals surface area contributed by atoms with Gasteiger partial charge in [-0.15, -0.1) is 0 Å². The van der Waals surface area contributed by atoms with Crippen LogP contribution in [0.1, 0.15) is 15.9 Å². The van der Waals surface area contributed by atoms with Crippen LogP contribution in [0.3, 0.4) is 0 Å². The van der Waals surface area contributed by atoms with Crippen molar-refractivity contribution in [2.45, 2.75) is 6.54 Å². The van der Waals surface area contributed by atoms with E-state index in [9.17, 15) is 4.79 Å². The minimum Gasteiger partial charge on any atom is -0.497 e. The van der Waals surface area contributed by atoms with Gasteiger partial charge in [-0.2, -0.15) is 0 Å². The number of anilines is 1. The van der Waals surface area contributed by atoms with E-state index >= 15 is 0 Å². The SMILES string of the molecule is COc1ccc(CNc2cccc(C(=O)NCCO)c2)c(Cl)c1. The molecule has 3 N–H and O–H groups in total. The fraction of sp³-hybridized carbons (Fsp3) is 0.235. The fourth-order valence-electron chi connectivity index (χ4n) is 2.04. The van der Waals surface area contributed by atoms with Crippen LogP contribution < -0.4 is 15.4 Å². The van der Waals surface area contributed by atoms with E-state index in [1.807, 2.05) is 18.2 Å². The summed E-state index contributed by atoms with van der Waals surface area (Å²) in [5.41, 5.74) is 2.28. The molecule has 5 nitrogen and oxygen atoms in total. The molecule has 0 unspecified atom stereocenters. The van der Waals surface area contributed by atoms with Gasteiger partial charge in [-0.1, -0.05) is 23.7 Å². The summed E-state index contributed by atoms with van der Waals surface area (Å²) in [5, 5.41) is 15.2. The van der Waals surface area contributed by atoms with E-state index in [2.05, 4.69) is 10.6 Å². The summed E-state index contributed by atoms with van der Waals surface area (Å²) >= 11 is 6.21. The highest BCUT2D eigenvalue weighted by molar-refractivity contribution is 6.31. The summed E-state index contributed by atoms with van der Waals surface area (Å²) in [4.78, 5) is 11.9. The Morgan fingerprint density at radius 2 is 2.09 bits per heavy atom. The zero-order valence-corrected chi connectivity index (χ0v) is 13.6. The van der Waals surface area contributed by atoms with Crippen LogP contribution in [0.2, 0.25) is 5.02 Å². The molecule has 0 aliphatic rings. The number of amides is 1. The molecular formula is C17H19ClN2O3. The smallest absolute Gasteiger partial charge is 0.251 e.